The maximum Gasteiger partial charge on any atom is 0.0931 e. The van der Waals surface area contributed by atoms with Gasteiger partial charge in [-0.25, -0.2) is 4.98 Å². The standard InChI is InChI=1S/C12H20N2S/c1-9(2)13-6-5-11-8-15-12(14-11)7-10-3-4-10/h8-10,13H,3-7H2,1-2H3. The van der Waals surface area contributed by atoms with Crippen molar-refractivity contribution in [3.05, 3.63) is 16.1 Å². The second-order valence-electron chi connectivity index (χ2n) is 4.74. The Bertz CT molecular complexity index is 302. The molecular formula is C12H20N2S. The largest absolute Gasteiger partial charge is 0.314 e. The van der Waals surface area contributed by atoms with Crippen molar-refractivity contribution in [3.63, 3.8) is 0 Å². The number of rotatable bonds is 6. The molecule has 1 aliphatic carbocycles. The van der Waals surface area contributed by atoms with E-state index in [1.165, 1.54) is 30.0 Å². The van der Waals surface area contributed by atoms with Gasteiger partial charge in [0.15, 0.2) is 0 Å². The molecule has 0 amide bonds. The summed E-state index contributed by atoms with van der Waals surface area (Å²) >= 11 is 1.84. The topological polar surface area (TPSA) is 24.9 Å². The van der Waals surface area contributed by atoms with Gasteiger partial charge in [0, 0.05) is 30.8 Å². The fraction of sp³-hybridized carbons (Fsp3) is 0.750. The van der Waals surface area contributed by atoms with Gasteiger partial charge in [0.1, 0.15) is 0 Å². The van der Waals surface area contributed by atoms with Gasteiger partial charge in [0.25, 0.3) is 0 Å². The highest BCUT2D eigenvalue weighted by Gasteiger charge is 2.22. The Labute approximate surface area is 96.1 Å². The Morgan fingerprint density at radius 3 is 3.00 bits per heavy atom. The molecule has 15 heavy (non-hydrogen) atoms. The van der Waals surface area contributed by atoms with E-state index in [4.69, 9.17) is 0 Å². The first kappa shape index (κ1) is 11.1. The van der Waals surface area contributed by atoms with Gasteiger partial charge in [-0.1, -0.05) is 13.8 Å². The molecule has 2 nitrogen and oxygen atoms in total. The number of hydrogen-bond acceptors (Lipinski definition) is 3. The molecule has 0 unspecified atom stereocenters. The van der Waals surface area contributed by atoms with E-state index in [-0.39, 0.29) is 0 Å². The highest BCUT2D eigenvalue weighted by Crippen LogP contribution is 2.33. The third kappa shape index (κ3) is 3.92. The van der Waals surface area contributed by atoms with E-state index >= 15 is 0 Å². The second-order valence-corrected chi connectivity index (χ2v) is 5.68. The zero-order valence-electron chi connectivity index (χ0n) is 9.62. The summed E-state index contributed by atoms with van der Waals surface area (Å²) in [5.41, 5.74) is 1.27. The highest BCUT2D eigenvalue weighted by atomic mass is 32.1. The Kier molecular flexibility index (Phi) is 3.76. The third-order valence-corrected chi connectivity index (χ3v) is 3.61. The third-order valence-electron chi connectivity index (χ3n) is 2.69. The maximum atomic E-state index is 4.67. The van der Waals surface area contributed by atoms with Crippen molar-refractivity contribution < 1.29 is 0 Å². The molecule has 0 spiro atoms. The van der Waals surface area contributed by atoms with Gasteiger partial charge in [0.2, 0.25) is 0 Å². The first-order chi connectivity index (χ1) is 7.24. The Morgan fingerprint density at radius 2 is 2.33 bits per heavy atom. The van der Waals surface area contributed by atoms with Crippen molar-refractivity contribution in [2.75, 3.05) is 6.54 Å². The summed E-state index contributed by atoms with van der Waals surface area (Å²) in [4.78, 5) is 4.67. The maximum absolute atomic E-state index is 4.67. The van der Waals surface area contributed by atoms with Crippen LogP contribution in [0.3, 0.4) is 0 Å². The van der Waals surface area contributed by atoms with Crippen LogP contribution < -0.4 is 5.32 Å². The quantitative estimate of drug-likeness (QED) is 0.803. The van der Waals surface area contributed by atoms with Crippen LogP contribution in [0.15, 0.2) is 5.38 Å². The number of aromatic nitrogens is 1. The molecule has 1 saturated carbocycles. The lowest BCUT2D eigenvalue weighted by atomic mass is 10.3. The van der Waals surface area contributed by atoms with Crippen LogP contribution in [0.4, 0.5) is 0 Å². The Morgan fingerprint density at radius 1 is 1.53 bits per heavy atom. The minimum Gasteiger partial charge on any atom is -0.314 e. The predicted molar refractivity (Wildman–Crippen MR) is 65.4 cm³/mol. The summed E-state index contributed by atoms with van der Waals surface area (Å²) in [5.74, 6) is 0.956. The summed E-state index contributed by atoms with van der Waals surface area (Å²) < 4.78 is 0. The van der Waals surface area contributed by atoms with Crippen LogP contribution in [0.5, 0.6) is 0 Å². The summed E-state index contributed by atoms with van der Waals surface area (Å²) in [6.07, 6.45) is 5.13. The minimum atomic E-state index is 0.578. The molecule has 1 fully saturated rings. The van der Waals surface area contributed by atoms with Crippen molar-refractivity contribution in [1.29, 1.82) is 0 Å². The van der Waals surface area contributed by atoms with Crippen molar-refractivity contribution in [2.24, 2.45) is 5.92 Å². The molecule has 1 aromatic heterocycles. The van der Waals surface area contributed by atoms with Gasteiger partial charge < -0.3 is 5.32 Å². The van der Waals surface area contributed by atoms with E-state index in [1.807, 2.05) is 11.3 Å². The van der Waals surface area contributed by atoms with Gasteiger partial charge in [-0.2, -0.15) is 0 Å². The van der Waals surface area contributed by atoms with E-state index in [1.54, 1.807) is 0 Å². The molecule has 1 heterocycles. The van der Waals surface area contributed by atoms with Crippen LogP contribution in [0.1, 0.15) is 37.4 Å². The van der Waals surface area contributed by atoms with Gasteiger partial charge in [-0.05, 0) is 18.8 Å². The zero-order valence-corrected chi connectivity index (χ0v) is 10.4. The Balaban J connectivity index is 1.73. The molecule has 0 aromatic carbocycles. The first-order valence-electron chi connectivity index (χ1n) is 5.90. The van der Waals surface area contributed by atoms with Crippen molar-refractivity contribution in [1.82, 2.24) is 10.3 Å². The monoisotopic (exact) mass is 224 g/mol. The molecular weight excluding hydrogens is 204 g/mol. The van der Waals surface area contributed by atoms with Crippen LogP contribution in [-0.2, 0) is 12.8 Å². The average Bonchev–Trinajstić information content (AvgIpc) is 2.86. The van der Waals surface area contributed by atoms with Crippen molar-refractivity contribution in [2.45, 2.75) is 45.6 Å². The SMILES string of the molecule is CC(C)NCCc1csc(CC2CC2)n1. The van der Waals surface area contributed by atoms with Gasteiger partial charge in [-0.3, -0.25) is 0 Å². The lowest BCUT2D eigenvalue weighted by Crippen LogP contribution is -2.25. The molecule has 84 valence electrons. The van der Waals surface area contributed by atoms with E-state index in [2.05, 4.69) is 29.5 Å². The molecule has 0 radical (unpaired) electrons. The molecule has 1 aromatic rings. The van der Waals surface area contributed by atoms with Crippen molar-refractivity contribution >= 4 is 11.3 Å². The van der Waals surface area contributed by atoms with Gasteiger partial charge in [0.05, 0.1) is 10.7 Å². The number of nitrogens with one attached hydrogen (secondary N) is 1. The molecule has 0 aliphatic heterocycles. The number of thiazole rings is 1. The van der Waals surface area contributed by atoms with E-state index in [9.17, 15) is 0 Å². The van der Waals surface area contributed by atoms with E-state index in [0.29, 0.717) is 6.04 Å². The summed E-state index contributed by atoms with van der Waals surface area (Å²) in [5, 5.41) is 6.99. The molecule has 3 heteroatoms. The lowest BCUT2D eigenvalue weighted by molar-refractivity contribution is 0.587. The van der Waals surface area contributed by atoms with Gasteiger partial charge >= 0.3 is 0 Å². The predicted octanol–water partition coefficient (Wildman–Crippen LogP) is 2.64. The smallest absolute Gasteiger partial charge is 0.0931 e. The second kappa shape index (κ2) is 5.08. The molecule has 0 atom stereocenters. The van der Waals surface area contributed by atoms with Gasteiger partial charge in [-0.15, -0.1) is 11.3 Å². The number of hydrogen-bond donors (Lipinski definition) is 1. The normalized spacial score (nSPS) is 16.2. The number of nitrogens with zero attached hydrogens (tertiary/aromatic N) is 1. The summed E-state index contributed by atoms with van der Waals surface area (Å²) in [6, 6.07) is 0.578. The van der Waals surface area contributed by atoms with Crippen LogP contribution in [0, 0.1) is 5.92 Å². The van der Waals surface area contributed by atoms with Crippen molar-refractivity contribution in [3.8, 4) is 0 Å². The first-order valence-corrected chi connectivity index (χ1v) is 6.78. The Hall–Kier alpha value is -0.410. The average molecular weight is 224 g/mol. The molecule has 1 aliphatic rings. The highest BCUT2D eigenvalue weighted by molar-refractivity contribution is 7.09. The van der Waals surface area contributed by atoms with E-state index in [0.717, 1.165) is 18.9 Å². The molecule has 0 saturated heterocycles. The molecule has 1 N–H and O–H groups in total. The van der Waals surface area contributed by atoms with E-state index < -0.39 is 0 Å². The van der Waals surface area contributed by atoms with Crippen LogP contribution in [0.2, 0.25) is 0 Å². The van der Waals surface area contributed by atoms with Crippen LogP contribution in [-0.4, -0.2) is 17.6 Å². The lowest BCUT2D eigenvalue weighted by Gasteiger charge is -2.05. The fourth-order valence-electron chi connectivity index (χ4n) is 1.62. The van der Waals surface area contributed by atoms with Crippen LogP contribution >= 0.6 is 11.3 Å². The minimum absolute atomic E-state index is 0.578. The summed E-state index contributed by atoms with van der Waals surface area (Å²) in [7, 11) is 0. The molecule has 2 rings (SSSR count). The molecule has 0 bridgehead atoms. The van der Waals surface area contributed by atoms with Crippen LogP contribution in [0.25, 0.3) is 0 Å². The fourth-order valence-corrected chi connectivity index (χ4v) is 2.56. The summed E-state index contributed by atoms with van der Waals surface area (Å²) in [6.45, 7) is 5.41. The zero-order chi connectivity index (χ0) is 10.7.